The molecule has 144 valence electrons. The van der Waals surface area contributed by atoms with Gasteiger partial charge in [-0.25, -0.2) is 4.79 Å². The SMILES string of the molecule is CC(C)OC(=O)c1cn(Cc2ccc(C#N)cc2)cc1Cc1cccc(C#N)c1. The smallest absolute Gasteiger partial charge is 0.340 e. The molecule has 0 aliphatic heterocycles. The monoisotopic (exact) mass is 383 g/mol. The molecule has 1 heterocycles. The van der Waals surface area contributed by atoms with Crippen LogP contribution in [0.15, 0.2) is 60.9 Å². The fourth-order valence-corrected chi connectivity index (χ4v) is 3.12. The van der Waals surface area contributed by atoms with E-state index in [1.807, 2.05) is 54.9 Å². The minimum absolute atomic E-state index is 0.209. The summed E-state index contributed by atoms with van der Waals surface area (Å²) in [6.45, 7) is 4.22. The van der Waals surface area contributed by atoms with E-state index in [1.165, 1.54) is 0 Å². The zero-order chi connectivity index (χ0) is 20.8. The molecule has 2 aromatic carbocycles. The van der Waals surface area contributed by atoms with Gasteiger partial charge in [0.1, 0.15) is 0 Å². The lowest BCUT2D eigenvalue weighted by Crippen LogP contribution is -2.12. The van der Waals surface area contributed by atoms with Crippen LogP contribution in [0.5, 0.6) is 0 Å². The van der Waals surface area contributed by atoms with Crippen molar-refractivity contribution in [1.29, 1.82) is 10.5 Å². The number of hydrogen-bond acceptors (Lipinski definition) is 4. The van der Waals surface area contributed by atoms with Gasteiger partial charge in [-0.15, -0.1) is 0 Å². The van der Waals surface area contributed by atoms with Crippen molar-refractivity contribution >= 4 is 5.97 Å². The summed E-state index contributed by atoms with van der Waals surface area (Å²) in [6, 6.07) is 19.0. The Bertz CT molecular complexity index is 1100. The molecule has 0 unspecified atom stereocenters. The van der Waals surface area contributed by atoms with Gasteiger partial charge in [-0.1, -0.05) is 24.3 Å². The van der Waals surface area contributed by atoms with Crippen molar-refractivity contribution in [1.82, 2.24) is 4.57 Å². The average Bonchev–Trinajstić information content (AvgIpc) is 3.10. The fourth-order valence-electron chi connectivity index (χ4n) is 3.12. The van der Waals surface area contributed by atoms with Gasteiger partial charge in [0.15, 0.2) is 0 Å². The Morgan fingerprint density at radius 1 is 1.00 bits per heavy atom. The Balaban J connectivity index is 1.90. The van der Waals surface area contributed by atoms with Crippen LogP contribution in [0.2, 0.25) is 0 Å². The molecule has 5 nitrogen and oxygen atoms in total. The van der Waals surface area contributed by atoms with E-state index in [0.717, 1.165) is 16.7 Å². The molecule has 1 aromatic heterocycles. The molecular formula is C24H21N3O2. The molecule has 0 aliphatic carbocycles. The highest BCUT2D eigenvalue weighted by Gasteiger charge is 2.18. The predicted octanol–water partition coefficient (Wildman–Crippen LogP) is 4.44. The van der Waals surface area contributed by atoms with Crippen LogP contribution in [0.25, 0.3) is 0 Å². The second-order valence-corrected chi connectivity index (χ2v) is 7.12. The van der Waals surface area contributed by atoms with E-state index < -0.39 is 0 Å². The van der Waals surface area contributed by atoms with E-state index in [1.54, 1.807) is 24.4 Å². The molecule has 0 aliphatic rings. The third-order valence-corrected chi connectivity index (χ3v) is 4.42. The summed E-state index contributed by atoms with van der Waals surface area (Å²) in [5.74, 6) is -0.356. The molecular weight excluding hydrogens is 362 g/mol. The second-order valence-electron chi connectivity index (χ2n) is 7.12. The molecule has 0 fully saturated rings. The normalized spacial score (nSPS) is 10.4. The van der Waals surface area contributed by atoms with Crippen molar-refractivity contribution in [2.45, 2.75) is 32.9 Å². The van der Waals surface area contributed by atoms with Crippen LogP contribution in [0.4, 0.5) is 0 Å². The molecule has 0 amide bonds. The number of aromatic nitrogens is 1. The first-order chi connectivity index (χ1) is 14.0. The average molecular weight is 383 g/mol. The summed E-state index contributed by atoms with van der Waals surface area (Å²) < 4.78 is 7.36. The van der Waals surface area contributed by atoms with Gasteiger partial charge >= 0.3 is 5.97 Å². The summed E-state index contributed by atoms with van der Waals surface area (Å²) in [7, 11) is 0. The highest BCUT2D eigenvalue weighted by molar-refractivity contribution is 5.91. The number of benzene rings is 2. The summed E-state index contributed by atoms with van der Waals surface area (Å²) in [6.07, 6.45) is 4.05. The summed E-state index contributed by atoms with van der Waals surface area (Å²) >= 11 is 0. The fraction of sp³-hybridized carbons (Fsp3) is 0.208. The number of hydrogen-bond donors (Lipinski definition) is 0. The van der Waals surface area contributed by atoms with Crippen LogP contribution >= 0.6 is 0 Å². The second kappa shape index (κ2) is 8.91. The van der Waals surface area contributed by atoms with E-state index in [2.05, 4.69) is 12.1 Å². The highest BCUT2D eigenvalue weighted by atomic mass is 16.5. The number of carbonyl (C=O) groups excluding carboxylic acids is 1. The number of carbonyl (C=O) groups is 1. The van der Waals surface area contributed by atoms with E-state index in [-0.39, 0.29) is 12.1 Å². The number of nitrogens with zero attached hydrogens (tertiary/aromatic N) is 3. The maximum atomic E-state index is 12.6. The zero-order valence-electron chi connectivity index (χ0n) is 16.4. The van der Waals surface area contributed by atoms with E-state index in [0.29, 0.717) is 29.7 Å². The van der Waals surface area contributed by atoms with E-state index >= 15 is 0 Å². The van der Waals surface area contributed by atoms with Crippen molar-refractivity contribution in [3.8, 4) is 12.1 Å². The summed E-state index contributed by atoms with van der Waals surface area (Å²) in [5.41, 5.74) is 4.56. The van der Waals surface area contributed by atoms with Crippen LogP contribution in [0.3, 0.4) is 0 Å². The van der Waals surface area contributed by atoms with E-state index in [9.17, 15) is 4.79 Å². The molecule has 0 bridgehead atoms. The van der Waals surface area contributed by atoms with Crippen LogP contribution in [-0.2, 0) is 17.7 Å². The number of ether oxygens (including phenoxy) is 1. The van der Waals surface area contributed by atoms with Gasteiger partial charge < -0.3 is 9.30 Å². The third kappa shape index (κ3) is 5.12. The van der Waals surface area contributed by atoms with Gasteiger partial charge in [0, 0.05) is 18.9 Å². The molecule has 3 aromatic rings. The molecule has 0 N–H and O–H groups in total. The van der Waals surface area contributed by atoms with Crippen LogP contribution in [0, 0.1) is 22.7 Å². The van der Waals surface area contributed by atoms with Gasteiger partial charge in [-0.2, -0.15) is 10.5 Å². The zero-order valence-corrected chi connectivity index (χ0v) is 16.4. The third-order valence-electron chi connectivity index (χ3n) is 4.42. The van der Waals surface area contributed by atoms with Gasteiger partial charge in [0.2, 0.25) is 0 Å². The Morgan fingerprint density at radius 2 is 1.72 bits per heavy atom. The van der Waals surface area contributed by atoms with E-state index in [4.69, 9.17) is 15.3 Å². The maximum Gasteiger partial charge on any atom is 0.340 e. The highest BCUT2D eigenvalue weighted by Crippen LogP contribution is 2.20. The van der Waals surface area contributed by atoms with Crippen LogP contribution < -0.4 is 0 Å². The summed E-state index contributed by atoms with van der Waals surface area (Å²) in [4.78, 5) is 12.6. The van der Waals surface area contributed by atoms with Crippen molar-refractivity contribution in [3.63, 3.8) is 0 Å². The largest absolute Gasteiger partial charge is 0.459 e. The topological polar surface area (TPSA) is 78.8 Å². The van der Waals surface area contributed by atoms with Crippen molar-refractivity contribution in [3.05, 3.63) is 94.3 Å². The quantitative estimate of drug-likeness (QED) is 0.590. The number of nitriles is 2. The molecule has 0 atom stereocenters. The summed E-state index contributed by atoms with van der Waals surface area (Å²) in [5, 5.41) is 18.1. The minimum atomic E-state index is -0.356. The molecule has 3 rings (SSSR count). The van der Waals surface area contributed by atoms with Gasteiger partial charge in [0.05, 0.1) is 34.9 Å². The molecule has 5 heteroatoms. The van der Waals surface area contributed by atoms with Gasteiger partial charge in [-0.05, 0) is 61.2 Å². The lowest BCUT2D eigenvalue weighted by atomic mass is 10.0. The lowest BCUT2D eigenvalue weighted by Gasteiger charge is -2.08. The minimum Gasteiger partial charge on any atom is -0.459 e. The molecule has 0 saturated heterocycles. The predicted molar refractivity (Wildman–Crippen MR) is 109 cm³/mol. The molecule has 0 spiro atoms. The van der Waals surface area contributed by atoms with Crippen molar-refractivity contribution in [2.24, 2.45) is 0 Å². The first-order valence-electron chi connectivity index (χ1n) is 9.36. The van der Waals surface area contributed by atoms with Crippen molar-refractivity contribution < 1.29 is 9.53 Å². The standard InChI is InChI=1S/C24H21N3O2/c1-17(2)29-24(28)23-16-27(14-19-8-6-18(12-25)7-9-19)15-22(23)11-20-4-3-5-21(10-20)13-26/h3-10,15-17H,11,14H2,1-2H3. The Labute approximate surface area is 170 Å². The Hall–Kier alpha value is -3.83. The molecule has 0 saturated carbocycles. The maximum absolute atomic E-state index is 12.6. The molecule has 29 heavy (non-hydrogen) atoms. The number of rotatable bonds is 6. The molecule has 0 radical (unpaired) electrons. The Morgan fingerprint density at radius 3 is 2.38 bits per heavy atom. The van der Waals surface area contributed by atoms with Gasteiger partial charge in [-0.3, -0.25) is 0 Å². The first kappa shape index (κ1) is 19.9. The Kier molecular flexibility index (Phi) is 6.12. The van der Waals surface area contributed by atoms with Crippen LogP contribution in [0.1, 0.15) is 52.0 Å². The van der Waals surface area contributed by atoms with Crippen LogP contribution in [-0.4, -0.2) is 16.6 Å². The number of esters is 1. The first-order valence-corrected chi connectivity index (χ1v) is 9.36. The van der Waals surface area contributed by atoms with Crippen molar-refractivity contribution in [2.75, 3.05) is 0 Å². The van der Waals surface area contributed by atoms with Gasteiger partial charge in [0.25, 0.3) is 0 Å². The lowest BCUT2D eigenvalue weighted by molar-refractivity contribution is 0.0377.